The van der Waals surface area contributed by atoms with Crippen LogP contribution in [-0.4, -0.2) is 39.5 Å². The number of oxime groups is 1. The molecule has 0 aliphatic heterocycles. The lowest BCUT2D eigenvalue weighted by Crippen LogP contribution is -2.28. The average molecular weight is 430 g/mol. The summed E-state index contributed by atoms with van der Waals surface area (Å²) in [5.41, 5.74) is 2.08. The molecule has 0 amide bonds. The molecule has 0 saturated carbocycles. The molecule has 0 radical (unpaired) electrons. The van der Waals surface area contributed by atoms with Gasteiger partial charge >= 0.3 is 5.97 Å². The maximum Gasteiger partial charge on any atom is 0.345 e. The molecule has 8 nitrogen and oxygen atoms in total. The predicted molar refractivity (Wildman–Crippen MR) is 112 cm³/mol. The number of rotatable bonds is 9. The molecule has 0 spiro atoms. The Morgan fingerprint density at radius 2 is 1.87 bits per heavy atom. The Bertz CT molecular complexity index is 1050. The molecule has 156 valence electrons. The van der Waals surface area contributed by atoms with Crippen molar-refractivity contribution in [2.45, 2.75) is 26.4 Å². The first-order valence-corrected chi connectivity index (χ1v) is 9.51. The second-order valence-corrected chi connectivity index (χ2v) is 6.96. The Kier molecular flexibility index (Phi) is 7.03. The van der Waals surface area contributed by atoms with E-state index in [1.165, 1.54) is 6.20 Å². The van der Waals surface area contributed by atoms with E-state index in [4.69, 9.17) is 25.9 Å². The van der Waals surface area contributed by atoms with Gasteiger partial charge in [0.25, 0.3) is 0 Å². The van der Waals surface area contributed by atoms with Gasteiger partial charge in [-0.25, -0.2) is 14.8 Å². The summed E-state index contributed by atoms with van der Waals surface area (Å²) in [5.74, 6) is 0.144. The first kappa shape index (κ1) is 21.3. The van der Waals surface area contributed by atoms with Gasteiger partial charge < -0.3 is 19.4 Å². The molecule has 0 fully saturated rings. The van der Waals surface area contributed by atoms with Crippen molar-refractivity contribution in [1.82, 2.24) is 9.97 Å². The van der Waals surface area contributed by atoms with Gasteiger partial charge in [0.05, 0.1) is 22.9 Å². The van der Waals surface area contributed by atoms with Crippen LogP contribution in [0.5, 0.6) is 17.4 Å². The number of hydrogen-bond donors (Lipinski definition) is 1. The lowest BCUT2D eigenvalue weighted by molar-refractivity contribution is -0.146. The van der Waals surface area contributed by atoms with E-state index in [0.717, 1.165) is 5.71 Å². The zero-order valence-electron chi connectivity index (χ0n) is 16.4. The van der Waals surface area contributed by atoms with E-state index in [1.54, 1.807) is 56.3 Å². The summed E-state index contributed by atoms with van der Waals surface area (Å²) in [6, 6.07) is 11.8. The van der Waals surface area contributed by atoms with E-state index < -0.39 is 12.1 Å². The number of benzene rings is 2. The van der Waals surface area contributed by atoms with E-state index in [2.05, 4.69) is 15.1 Å². The zero-order valence-corrected chi connectivity index (χ0v) is 17.2. The third-order valence-electron chi connectivity index (χ3n) is 3.80. The minimum Gasteiger partial charge on any atom is -0.479 e. The van der Waals surface area contributed by atoms with E-state index in [9.17, 15) is 9.90 Å². The van der Waals surface area contributed by atoms with Crippen LogP contribution in [0.3, 0.4) is 0 Å². The van der Waals surface area contributed by atoms with Gasteiger partial charge in [0.1, 0.15) is 18.1 Å². The summed E-state index contributed by atoms with van der Waals surface area (Å²) in [4.78, 5) is 25.1. The van der Waals surface area contributed by atoms with Gasteiger partial charge in [-0.1, -0.05) is 16.8 Å². The molecule has 0 saturated heterocycles. The Labute approximate surface area is 178 Å². The van der Waals surface area contributed by atoms with Gasteiger partial charge in [0.2, 0.25) is 5.88 Å². The second-order valence-electron chi connectivity index (χ2n) is 6.52. The van der Waals surface area contributed by atoms with E-state index >= 15 is 0 Å². The number of halogens is 1. The SMILES string of the molecule is CC(C)=NOCCC(Oc1ccc(Oc2cnc3cc(Cl)ccc3n2)cc1)C(=O)O. The summed E-state index contributed by atoms with van der Waals surface area (Å²) in [7, 11) is 0. The van der Waals surface area contributed by atoms with Crippen LogP contribution in [0.4, 0.5) is 0 Å². The number of nitrogens with zero attached hydrogens (tertiary/aromatic N) is 3. The van der Waals surface area contributed by atoms with Gasteiger partial charge in [0.15, 0.2) is 6.10 Å². The molecular formula is C21H20ClN3O5. The van der Waals surface area contributed by atoms with Gasteiger partial charge in [-0.3, -0.25) is 0 Å². The molecule has 1 unspecified atom stereocenters. The third-order valence-corrected chi connectivity index (χ3v) is 4.04. The molecule has 9 heteroatoms. The highest BCUT2D eigenvalue weighted by molar-refractivity contribution is 6.31. The summed E-state index contributed by atoms with van der Waals surface area (Å²) < 4.78 is 11.2. The number of fused-ring (bicyclic) bond motifs is 1. The van der Waals surface area contributed by atoms with Gasteiger partial charge in [-0.2, -0.15) is 0 Å². The lowest BCUT2D eigenvalue weighted by atomic mass is 10.2. The Morgan fingerprint density at radius 1 is 1.13 bits per heavy atom. The average Bonchev–Trinajstić information content (AvgIpc) is 2.71. The summed E-state index contributed by atoms with van der Waals surface area (Å²) in [6.45, 7) is 3.71. The Balaban J connectivity index is 1.61. The van der Waals surface area contributed by atoms with Crippen molar-refractivity contribution in [3.63, 3.8) is 0 Å². The van der Waals surface area contributed by atoms with Crippen molar-refractivity contribution in [2.75, 3.05) is 6.61 Å². The highest BCUT2D eigenvalue weighted by Crippen LogP contribution is 2.25. The fourth-order valence-electron chi connectivity index (χ4n) is 2.45. The Morgan fingerprint density at radius 3 is 2.57 bits per heavy atom. The number of carboxylic acid groups (broad SMARTS) is 1. The van der Waals surface area contributed by atoms with Crippen LogP contribution in [-0.2, 0) is 9.63 Å². The maximum atomic E-state index is 11.4. The molecule has 0 bridgehead atoms. The lowest BCUT2D eigenvalue weighted by Gasteiger charge is -2.15. The molecule has 1 heterocycles. The van der Waals surface area contributed by atoms with Crippen molar-refractivity contribution in [3.05, 3.63) is 53.7 Å². The first-order chi connectivity index (χ1) is 14.4. The van der Waals surface area contributed by atoms with Crippen LogP contribution in [0.1, 0.15) is 20.3 Å². The van der Waals surface area contributed by atoms with Gasteiger partial charge in [-0.15, -0.1) is 0 Å². The van der Waals surface area contributed by atoms with E-state index in [1.807, 2.05) is 0 Å². The fourth-order valence-corrected chi connectivity index (χ4v) is 2.62. The van der Waals surface area contributed by atoms with E-state index in [-0.39, 0.29) is 13.0 Å². The van der Waals surface area contributed by atoms with Crippen LogP contribution in [0.25, 0.3) is 11.0 Å². The maximum absolute atomic E-state index is 11.4. The van der Waals surface area contributed by atoms with Crippen LogP contribution < -0.4 is 9.47 Å². The van der Waals surface area contributed by atoms with E-state index in [0.29, 0.717) is 33.4 Å². The number of aliphatic carboxylic acids is 1. The smallest absolute Gasteiger partial charge is 0.345 e. The van der Waals surface area contributed by atoms with Crippen molar-refractivity contribution in [1.29, 1.82) is 0 Å². The van der Waals surface area contributed by atoms with Crippen LogP contribution in [0.2, 0.25) is 5.02 Å². The molecule has 0 aliphatic rings. The van der Waals surface area contributed by atoms with Gasteiger partial charge in [-0.05, 0) is 56.3 Å². The van der Waals surface area contributed by atoms with Crippen LogP contribution in [0.15, 0.2) is 53.8 Å². The number of carboxylic acids is 1. The fraction of sp³-hybridized carbons (Fsp3) is 0.238. The van der Waals surface area contributed by atoms with Crippen molar-refractivity contribution in [2.24, 2.45) is 5.16 Å². The standard InChI is InChI=1S/C21H20ClN3O5/c1-13(2)25-28-10-9-19(21(26)27)29-15-4-6-16(7-5-15)30-20-12-23-18-11-14(22)3-8-17(18)24-20/h3-8,11-12,19H,9-10H2,1-2H3,(H,26,27). The molecule has 1 atom stereocenters. The summed E-state index contributed by atoms with van der Waals surface area (Å²) in [6.07, 6.45) is 0.604. The zero-order chi connectivity index (χ0) is 21.5. The molecule has 1 N–H and O–H groups in total. The minimum atomic E-state index is -1.08. The topological polar surface area (TPSA) is 103 Å². The predicted octanol–water partition coefficient (Wildman–Crippen LogP) is 4.71. The number of carbonyl (C=O) groups is 1. The number of aromatic nitrogens is 2. The highest BCUT2D eigenvalue weighted by atomic mass is 35.5. The Hall–Kier alpha value is -3.39. The molecule has 2 aromatic carbocycles. The molecule has 3 aromatic rings. The summed E-state index contributed by atoms with van der Waals surface area (Å²) >= 11 is 5.95. The van der Waals surface area contributed by atoms with Crippen molar-refractivity contribution >= 4 is 34.3 Å². The monoisotopic (exact) mass is 429 g/mol. The van der Waals surface area contributed by atoms with Crippen LogP contribution >= 0.6 is 11.6 Å². The highest BCUT2D eigenvalue weighted by Gasteiger charge is 2.19. The van der Waals surface area contributed by atoms with Crippen LogP contribution in [0, 0.1) is 0 Å². The molecule has 1 aromatic heterocycles. The summed E-state index contributed by atoms with van der Waals surface area (Å²) in [5, 5.41) is 13.7. The molecular weight excluding hydrogens is 410 g/mol. The normalized spacial score (nSPS) is 11.6. The number of hydrogen-bond acceptors (Lipinski definition) is 7. The molecule has 0 aliphatic carbocycles. The third kappa shape index (κ3) is 6.05. The number of ether oxygens (including phenoxy) is 2. The van der Waals surface area contributed by atoms with Crippen molar-refractivity contribution < 1.29 is 24.2 Å². The quantitative estimate of drug-likeness (QED) is 0.298. The largest absolute Gasteiger partial charge is 0.479 e. The first-order valence-electron chi connectivity index (χ1n) is 9.13. The second kappa shape index (κ2) is 9.89. The van der Waals surface area contributed by atoms with Crippen molar-refractivity contribution in [3.8, 4) is 17.4 Å². The molecule has 30 heavy (non-hydrogen) atoms. The van der Waals surface area contributed by atoms with Gasteiger partial charge in [0, 0.05) is 11.4 Å². The molecule has 3 rings (SSSR count). The minimum absolute atomic E-state index is 0.134.